The number of nitrogens with one attached hydrogen (secondary N) is 2. The molecule has 2 aromatic carbocycles. The number of imidazole rings is 1. The van der Waals surface area contributed by atoms with Gasteiger partial charge in [-0.2, -0.15) is 17.6 Å². The molecule has 15 heteroatoms. The number of amides is 1. The van der Waals surface area contributed by atoms with E-state index in [-0.39, 0.29) is 45.3 Å². The van der Waals surface area contributed by atoms with Gasteiger partial charge in [0.1, 0.15) is 23.4 Å². The maximum absolute atomic E-state index is 15.2. The molecule has 220 valence electrons. The molecule has 5 heterocycles. The quantitative estimate of drug-likeness (QED) is 0.210. The lowest BCUT2D eigenvalue weighted by Crippen LogP contribution is -2.26. The van der Waals surface area contributed by atoms with E-state index in [1.54, 1.807) is 18.2 Å². The molecule has 10 nitrogen and oxygen atoms in total. The number of aromatic amines is 1. The summed E-state index contributed by atoms with van der Waals surface area (Å²) in [7, 11) is 0. The highest BCUT2D eigenvalue weighted by atomic mass is 35.5. The van der Waals surface area contributed by atoms with Gasteiger partial charge in [-0.05, 0) is 47.9 Å². The van der Waals surface area contributed by atoms with E-state index in [0.717, 1.165) is 22.0 Å². The first-order valence-electron chi connectivity index (χ1n) is 13.4. The monoisotopic (exact) mass is 620 g/mol. The number of alkyl halides is 3. The van der Waals surface area contributed by atoms with Crippen LogP contribution < -0.4 is 10.9 Å². The van der Waals surface area contributed by atoms with E-state index in [0.29, 0.717) is 29.9 Å². The van der Waals surface area contributed by atoms with Crippen LogP contribution in [-0.2, 0) is 17.4 Å². The van der Waals surface area contributed by atoms with Gasteiger partial charge in [0, 0.05) is 34.3 Å². The molecule has 2 atom stereocenters. The fourth-order valence-electron chi connectivity index (χ4n) is 5.84. The predicted octanol–water partition coefficient (Wildman–Crippen LogP) is 5.20. The summed E-state index contributed by atoms with van der Waals surface area (Å²) in [5.74, 6) is -0.495. The van der Waals surface area contributed by atoms with Gasteiger partial charge in [0.2, 0.25) is 11.9 Å². The van der Waals surface area contributed by atoms with Crippen LogP contribution in [0.1, 0.15) is 41.3 Å². The lowest BCUT2D eigenvalue weighted by Gasteiger charge is -2.17. The van der Waals surface area contributed by atoms with Crippen molar-refractivity contribution in [3.05, 3.63) is 105 Å². The molecule has 1 amide bonds. The lowest BCUT2D eigenvalue weighted by molar-refractivity contribution is -0.141. The number of carbonyl (C=O) groups excluding carboxylic acids is 1. The Morgan fingerprint density at radius 1 is 1.02 bits per heavy atom. The average Bonchev–Trinajstić information content (AvgIpc) is 3.28. The Hall–Kier alpha value is -5.11. The van der Waals surface area contributed by atoms with Gasteiger partial charge in [-0.1, -0.05) is 29.0 Å². The highest BCUT2D eigenvalue weighted by Gasteiger charge is 2.47. The highest BCUT2D eigenvalue weighted by molar-refractivity contribution is 6.31. The third-order valence-corrected chi connectivity index (χ3v) is 8.17. The first-order valence-corrected chi connectivity index (χ1v) is 13.8. The second kappa shape index (κ2) is 9.19. The van der Waals surface area contributed by atoms with Gasteiger partial charge in [0.25, 0.3) is 5.56 Å². The third-order valence-electron chi connectivity index (χ3n) is 7.93. The first-order chi connectivity index (χ1) is 21.0. The molecule has 0 fully saturated rings. The van der Waals surface area contributed by atoms with Crippen LogP contribution in [0.2, 0.25) is 5.02 Å². The van der Waals surface area contributed by atoms with Crippen LogP contribution in [0.5, 0.6) is 0 Å². The van der Waals surface area contributed by atoms with Gasteiger partial charge in [-0.15, -0.1) is 5.10 Å². The van der Waals surface area contributed by atoms with E-state index >= 15 is 4.39 Å². The van der Waals surface area contributed by atoms with E-state index in [1.807, 2.05) is 6.08 Å². The number of halogens is 5. The van der Waals surface area contributed by atoms with E-state index in [1.165, 1.54) is 28.8 Å². The summed E-state index contributed by atoms with van der Waals surface area (Å²) in [6, 6.07) is 10.2. The van der Waals surface area contributed by atoms with Crippen LogP contribution in [0.15, 0.2) is 65.1 Å². The molecular weight excluding hydrogens is 604 g/mol. The minimum Gasteiger partial charge on any atom is -0.337 e. The van der Waals surface area contributed by atoms with Crippen LogP contribution in [0.4, 0.5) is 23.2 Å². The van der Waals surface area contributed by atoms with Crippen molar-refractivity contribution >= 4 is 23.2 Å². The fraction of sp³-hybridized carbons (Fsp3) is 0.172. The van der Waals surface area contributed by atoms with E-state index < -0.39 is 29.4 Å². The molecule has 44 heavy (non-hydrogen) atoms. The third kappa shape index (κ3) is 4.16. The van der Waals surface area contributed by atoms with Gasteiger partial charge >= 0.3 is 6.18 Å². The summed E-state index contributed by atoms with van der Waals surface area (Å²) < 4.78 is 57.2. The molecule has 5 aromatic rings. The zero-order valence-corrected chi connectivity index (χ0v) is 22.9. The summed E-state index contributed by atoms with van der Waals surface area (Å²) in [6.07, 6.45) is -1.19. The summed E-state index contributed by atoms with van der Waals surface area (Å²) >= 11 is 6.23. The van der Waals surface area contributed by atoms with Crippen molar-refractivity contribution in [3.8, 4) is 28.2 Å². The smallest absolute Gasteiger partial charge is 0.337 e. The Morgan fingerprint density at radius 3 is 2.66 bits per heavy atom. The predicted molar refractivity (Wildman–Crippen MR) is 149 cm³/mol. The summed E-state index contributed by atoms with van der Waals surface area (Å²) in [5.41, 5.74) is 2.07. The number of carbonyl (C=O) groups is 1. The Bertz CT molecular complexity index is 2150. The van der Waals surface area contributed by atoms with Crippen molar-refractivity contribution in [2.75, 3.05) is 5.32 Å². The van der Waals surface area contributed by atoms with Crippen molar-refractivity contribution in [2.24, 2.45) is 0 Å². The fourth-order valence-corrected chi connectivity index (χ4v) is 6.01. The minimum atomic E-state index is -4.69. The second-order valence-corrected chi connectivity index (χ2v) is 11.1. The molecule has 1 aliphatic carbocycles. The van der Waals surface area contributed by atoms with E-state index in [9.17, 15) is 22.8 Å². The molecule has 2 unspecified atom stereocenters. The molecule has 0 radical (unpaired) electrons. The van der Waals surface area contributed by atoms with Gasteiger partial charge in [0.05, 0.1) is 23.5 Å². The van der Waals surface area contributed by atoms with Crippen molar-refractivity contribution in [3.63, 3.8) is 0 Å². The van der Waals surface area contributed by atoms with Crippen molar-refractivity contribution < 1.29 is 22.4 Å². The Kier molecular flexibility index (Phi) is 5.54. The second-order valence-electron chi connectivity index (χ2n) is 10.7. The van der Waals surface area contributed by atoms with Crippen LogP contribution in [0, 0.1) is 5.95 Å². The van der Waals surface area contributed by atoms with Gasteiger partial charge in [-0.3, -0.25) is 14.2 Å². The Balaban J connectivity index is 1.17. The van der Waals surface area contributed by atoms with Crippen LogP contribution in [0.3, 0.4) is 0 Å². The molecule has 0 saturated carbocycles. The summed E-state index contributed by atoms with van der Waals surface area (Å²) in [6.45, 7) is 0. The number of nitrogens with zero attached hydrogens (tertiary/aromatic N) is 6. The van der Waals surface area contributed by atoms with Gasteiger partial charge < -0.3 is 10.3 Å². The Labute approximate surface area is 249 Å². The maximum atomic E-state index is 15.2. The molecule has 2 aliphatic heterocycles. The van der Waals surface area contributed by atoms with Crippen LogP contribution >= 0.6 is 11.6 Å². The number of H-pyrrole nitrogens is 1. The van der Waals surface area contributed by atoms with Crippen LogP contribution in [-0.4, -0.2) is 40.4 Å². The zero-order chi connectivity index (χ0) is 30.5. The van der Waals surface area contributed by atoms with Crippen molar-refractivity contribution in [1.29, 1.82) is 0 Å². The molecule has 2 N–H and O–H groups in total. The summed E-state index contributed by atoms with van der Waals surface area (Å²) in [5, 5.41) is 9.90. The first kappa shape index (κ1) is 26.5. The number of hydrogen-bond acceptors (Lipinski definition) is 6. The van der Waals surface area contributed by atoms with Crippen molar-refractivity contribution in [2.45, 2.75) is 31.0 Å². The maximum Gasteiger partial charge on any atom is 0.436 e. The molecule has 3 aromatic heterocycles. The molecule has 0 spiro atoms. The number of aryl methyl sites for hydroxylation is 1. The molecule has 0 saturated heterocycles. The molecule has 3 aliphatic rings. The number of rotatable bonds is 4. The highest BCUT2D eigenvalue weighted by Crippen LogP contribution is 2.53. The number of hydrogen-bond donors (Lipinski definition) is 2. The largest absolute Gasteiger partial charge is 0.436 e. The Morgan fingerprint density at radius 2 is 1.86 bits per heavy atom. The SMILES string of the molecule is O=C1CCc2cc(-c3[nH]c(C4C5=CC5c5nc(-c6cc(Cl)ccc6-n6cc(C(F)(F)F)nn6)cc(=O)n54)nc3F)ccc2N1. The number of aromatic nitrogens is 7. The normalized spacial score (nSPS) is 18.4. The number of anilines is 1. The van der Waals surface area contributed by atoms with E-state index in [2.05, 4.69) is 25.6 Å². The zero-order valence-electron chi connectivity index (χ0n) is 22.2. The summed E-state index contributed by atoms with van der Waals surface area (Å²) in [4.78, 5) is 37.2. The number of fused-ring (bicyclic) bond motifs is 4. The van der Waals surface area contributed by atoms with Crippen LogP contribution in [0.25, 0.3) is 28.2 Å². The number of benzene rings is 2. The molecule has 8 rings (SSSR count). The minimum absolute atomic E-state index is 0.0739. The topological polar surface area (TPSA) is 123 Å². The van der Waals surface area contributed by atoms with E-state index in [4.69, 9.17) is 16.6 Å². The van der Waals surface area contributed by atoms with Crippen molar-refractivity contribution in [1.82, 2.24) is 34.5 Å². The average molecular weight is 621 g/mol. The standard InChI is InChI=1S/C29H17ClF4N8O2/c30-14-3-5-20(41-11-21(39-40-41)29(32,33)34)17(8-14)19-10-23(44)42-25(15-9-16(15)28(42)36-19)27-37-24(26(31)38-27)13-1-4-18-12(7-13)2-6-22(43)35-18/h1,3-5,7-11,16,25H,2,6H2,(H,35,43)(H,37,38). The number of allylic oxidation sites excluding steroid dienone is 2. The molecule has 0 bridgehead atoms. The van der Waals surface area contributed by atoms with Gasteiger partial charge in [0.15, 0.2) is 5.69 Å². The van der Waals surface area contributed by atoms with Gasteiger partial charge in [-0.25, -0.2) is 14.6 Å². The molecular formula is C29H17ClF4N8O2. The lowest BCUT2D eigenvalue weighted by atomic mass is 9.99.